The Morgan fingerprint density at radius 3 is 2.92 bits per heavy atom. The van der Waals surface area contributed by atoms with Crippen LogP contribution < -0.4 is 10.1 Å². The fourth-order valence-electron chi connectivity index (χ4n) is 2.94. The normalized spacial score (nSPS) is 17.2. The van der Waals surface area contributed by atoms with Crippen molar-refractivity contribution < 1.29 is 14.3 Å². The Labute approximate surface area is 155 Å². The summed E-state index contributed by atoms with van der Waals surface area (Å²) in [6.07, 6.45) is 1.56. The minimum atomic E-state index is -0.249. The van der Waals surface area contributed by atoms with Crippen molar-refractivity contribution in [1.29, 1.82) is 0 Å². The molecular weight excluding hydrogens is 360 g/mol. The number of amides is 2. The number of hydrogen-bond acceptors (Lipinski definition) is 4. The maximum Gasteiger partial charge on any atom is 0.263 e. The van der Waals surface area contributed by atoms with Crippen molar-refractivity contribution in [1.82, 2.24) is 4.90 Å². The summed E-state index contributed by atoms with van der Waals surface area (Å²) in [4.78, 5) is 27.6. The Morgan fingerprint density at radius 1 is 1.36 bits per heavy atom. The van der Waals surface area contributed by atoms with Gasteiger partial charge in [-0.3, -0.25) is 9.59 Å². The van der Waals surface area contributed by atoms with Crippen LogP contribution in [-0.4, -0.2) is 36.9 Å². The van der Waals surface area contributed by atoms with Crippen LogP contribution in [0.15, 0.2) is 35.7 Å². The van der Waals surface area contributed by atoms with E-state index in [4.69, 9.17) is 16.3 Å². The van der Waals surface area contributed by atoms with E-state index in [0.29, 0.717) is 34.4 Å². The zero-order valence-corrected chi connectivity index (χ0v) is 15.4. The zero-order valence-electron chi connectivity index (χ0n) is 13.8. The molecule has 1 atom stereocenters. The molecule has 25 heavy (non-hydrogen) atoms. The van der Waals surface area contributed by atoms with Gasteiger partial charge in [-0.15, -0.1) is 11.3 Å². The molecule has 1 aliphatic heterocycles. The van der Waals surface area contributed by atoms with Gasteiger partial charge in [-0.2, -0.15) is 0 Å². The Bertz CT molecular complexity index is 764. The van der Waals surface area contributed by atoms with Crippen LogP contribution in [0.5, 0.6) is 5.75 Å². The van der Waals surface area contributed by atoms with Gasteiger partial charge < -0.3 is 15.0 Å². The number of carbonyl (C=O) groups is 2. The molecule has 2 heterocycles. The van der Waals surface area contributed by atoms with E-state index in [1.165, 1.54) is 11.3 Å². The van der Waals surface area contributed by atoms with Gasteiger partial charge in [0.2, 0.25) is 5.91 Å². The summed E-state index contributed by atoms with van der Waals surface area (Å²) in [7, 11) is 1.54. The molecule has 1 aromatic carbocycles. The van der Waals surface area contributed by atoms with E-state index in [0.717, 1.165) is 12.8 Å². The highest BCUT2D eigenvalue weighted by Crippen LogP contribution is 2.29. The second-order valence-corrected chi connectivity index (χ2v) is 7.29. The second-order valence-electron chi connectivity index (χ2n) is 5.90. The van der Waals surface area contributed by atoms with Crippen molar-refractivity contribution in [3.8, 4) is 5.75 Å². The molecule has 0 spiro atoms. The first-order valence-corrected chi connectivity index (χ1v) is 9.31. The van der Waals surface area contributed by atoms with Gasteiger partial charge in [0.1, 0.15) is 5.75 Å². The summed E-state index contributed by atoms with van der Waals surface area (Å²) in [6.45, 7) is 1.10. The van der Waals surface area contributed by atoms with Gasteiger partial charge in [0.25, 0.3) is 5.91 Å². The average molecular weight is 379 g/mol. The molecule has 132 valence electrons. The number of thiophene rings is 1. The first-order chi connectivity index (χ1) is 12.1. The van der Waals surface area contributed by atoms with Crippen molar-refractivity contribution in [3.05, 3.63) is 45.6 Å². The van der Waals surface area contributed by atoms with Crippen molar-refractivity contribution in [2.24, 2.45) is 5.92 Å². The molecule has 3 rings (SSSR count). The van der Waals surface area contributed by atoms with Crippen LogP contribution in [0, 0.1) is 5.92 Å². The van der Waals surface area contributed by atoms with Crippen LogP contribution in [0.25, 0.3) is 0 Å². The Hall–Kier alpha value is -2.05. The molecule has 5 nitrogen and oxygen atoms in total. The van der Waals surface area contributed by atoms with Crippen LogP contribution in [0.1, 0.15) is 22.5 Å². The van der Waals surface area contributed by atoms with Crippen LogP contribution in [0.2, 0.25) is 5.02 Å². The van der Waals surface area contributed by atoms with Crippen molar-refractivity contribution in [3.63, 3.8) is 0 Å². The molecule has 2 amide bonds. The molecule has 1 N–H and O–H groups in total. The SMILES string of the molecule is COc1ccc(Cl)cc1NC(=O)[C@H]1CCCN(C(=O)c2cccs2)C1. The molecule has 7 heteroatoms. The number of methoxy groups -OCH3 is 1. The first-order valence-electron chi connectivity index (χ1n) is 8.05. The topological polar surface area (TPSA) is 58.6 Å². The Morgan fingerprint density at radius 2 is 2.20 bits per heavy atom. The van der Waals surface area contributed by atoms with Crippen molar-refractivity contribution >= 4 is 40.4 Å². The highest BCUT2D eigenvalue weighted by atomic mass is 35.5. The van der Waals surface area contributed by atoms with Crippen LogP contribution in [0.3, 0.4) is 0 Å². The third-order valence-electron chi connectivity index (χ3n) is 4.23. The highest BCUT2D eigenvalue weighted by molar-refractivity contribution is 7.12. The summed E-state index contributed by atoms with van der Waals surface area (Å²) < 4.78 is 5.26. The lowest BCUT2D eigenvalue weighted by Gasteiger charge is -2.31. The molecule has 1 aromatic heterocycles. The number of halogens is 1. The number of piperidine rings is 1. The van der Waals surface area contributed by atoms with Crippen LogP contribution >= 0.6 is 22.9 Å². The van der Waals surface area contributed by atoms with Crippen LogP contribution in [0.4, 0.5) is 5.69 Å². The highest BCUT2D eigenvalue weighted by Gasteiger charge is 2.29. The first kappa shape index (κ1) is 17.8. The predicted octanol–water partition coefficient (Wildman–Crippen LogP) is 3.90. The van der Waals surface area contributed by atoms with Crippen molar-refractivity contribution in [2.45, 2.75) is 12.8 Å². The van der Waals surface area contributed by atoms with E-state index in [2.05, 4.69) is 5.32 Å². The molecule has 0 unspecified atom stereocenters. The molecule has 1 fully saturated rings. The molecule has 0 bridgehead atoms. The number of ether oxygens (including phenoxy) is 1. The fraction of sp³-hybridized carbons (Fsp3) is 0.333. The third kappa shape index (κ3) is 4.14. The van der Waals surface area contributed by atoms with Gasteiger partial charge in [-0.1, -0.05) is 17.7 Å². The third-order valence-corrected chi connectivity index (χ3v) is 5.32. The van der Waals surface area contributed by atoms with E-state index in [1.807, 2.05) is 17.5 Å². The molecule has 0 saturated carbocycles. The molecule has 2 aromatic rings. The zero-order chi connectivity index (χ0) is 17.8. The second kappa shape index (κ2) is 7.89. The monoisotopic (exact) mass is 378 g/mol. The van der Waals surface area contributed by atoms with E-state index >= 15 is 0 Å². The van der Waals surface area contributed by atoms with Gasteiger partial charge in [0.05, 0.1) is 23.6 Å². The lowest BCUT2D eigenvalue weighted by Crippen LogP contribution is -2.43. The number of likely N-dealkylation sites (tertiary alicyclic amines) is 1. The van der Waals surface area contributed by atoms with Crippen molar-refractivity contribution in [2.75, 3.05) is 25.5 Å². The average Bonchev–Trinajstić information content (AvgIpc) is 3.16. The Kier molecular flexibility index (Phi) is 5.60. The van der Waals surface area contributed by atoms with E-state index in [9.17, 15) is 9.59 Å². The summed E-state index contributed by atoms with van der Waals surface area (Å²) >= 11 is 7.43. The summed E-state index contributed by atoms with van der Waals surface area (Å²) in [5.41, 5.74) is 0.543. The summed E-state index contributed by atoms with van der Waals surface area (Å²) in [5.74, 6) is 0.179. The van der Waals surface area contributed by atoms with Gasteiger partial charge in [0.15, 0.2) is 0 Å². The fourth-order valence-corrected chi connectivity index (χ4v) is 3.81. The lowest BCUT2D eigenvalue weighted by atomic mass is 9.96. The lowest BCUT2D eigenvalue weighted by molar-refractivity contribution is -0.121. The number of rotatable bonds is 4. The molecule has 0 radical (unpaired) electrons. The summed E-state index contributed by atoms with van der Waals surface area (Å²) in [5, 5.41) is 5.29. The molecule has 1 saturated heterocycles. The number of benzene rings is 1. The largest absolute Gasteiger partial charge is 0.495 e. The molecular formula is C18H19ClN2O3S. The number of nitrogens with one attached hydrogen (secondary N) is 1. The maximum atomic E-state index is 12.7. The van der Waals surface area contributed by atoms with E-state index < -0.39 is 0 Å². The van der Waals surface area contributed by atoms with E-state index in [1.54, 1.807) is 30.2 Å². The maximum absolute atomic E-state index is 12.7. The standard InChI is InChI=1S/C18H19ClN2O3S/c1-24-15-7-6-13(19)10-14(15)20-17(22)12-4-2-8-21(11-12)18(23)16-5-3-9-25-16/h3,5-7,9-10,12H,2,4,8,11H2,1H3,(H,20,22)/t12-/m0/s1. The number of carbonyl (C=O) groups excluding carboxylic acids is 2. The van der Waals surface area contributed by atoms with E-state index in [-0.39, 0.29) is 17.7 Å². The van der Waals surface area contributed by atoms with Gasteiger partial charge in [0, 0.05) is 18.1 Å². The predicted molar refractivity (Wildman–Crippen MR) is 99.6 cm³/mol. The van der Waals surface area contributed by atoms with Crippen LogP contribution in [-0.2, 0) is 4.79 Å². The number of hydrogen-bond donors (Lipinski definition) is 1. The minimum absolute atomic E-state index is 0.00663. The minimum Gasteiger partial charge on any atom is -0.495 e. The smallest absolute Gasteiger partial charge is 0.263 e. The Balaban J connectivity index is 1.68. The molecule has 1 aliphatic rings. The van der Waals surface area contributed by atoms with Gasteiger partial charge >= 0.3 is 0 Å². The number of anilines is 1. The quantitative estimate of drug-likeness (QED) is 0.877. The summed E-state index contributed by atoms with van der Waals surface area (Å²) in [6, 6.07) is 8.75. The number of nitrogens with zero attached hydrogens (tertiary/aromatic N) is 1. The van der Waals surface area contributed by atoms with Gasteiger partial charge in [-0.25, -0.2) is 0 Å². The molecule has 0 aliphatic carbocycles. The van der Waals surface area contributed by atoms with Gasteiger partial charge in [-0.05, 0) is 42.5 Å².